The molecule has 6 nitrogen and oxygen atoms in total. The molecule has 0 aliphatic carbocycles. The third-order valence-corrected chi connectivity index (χ3v) is 4.25. The highest BCUT2D eigenvalue weighted by molar-refractivity contribution is 9.10. The summed E-state index contributed by atoms with van der Waals surface area (Å²) in [5, 5.41) is 14.3. The van der Waals surface area contributed by atoms with Crippen LogP contribution >= 0.6 is 15.9 Å². The highest BCUT2D eigenvalue weighted by atomic mass is 79.9. The lowest BCUT2D eigenvalue weighted by molar-refractivity contribution is -0.385. The van der Waals surface area contributed by atoms with Crippen LogP contribution in [0.2, 0.25) is 0 Å². The van der Waals surface area contributed by atoms with Crippen LogP contribution in [0.3, 0.4) is 0 Å². The van der Waals surface area contributed by atoms with E-state index in [1.165, 1.54) is 0 Å². The van der Waals surface area contributed by atoms with E-state index in [2.05, 4.69) is 38.1 Å². The Labute approximate surface area is 133 Å². The van der Waals surface area contributed by atoms with E-state index in [1.807, 2.05) is 6.07 Å². The Balaban J connectivity index is 1.77. The van der Waals surface area contributed by atoms with Gasteiger partial charge in [-0.05, 0) is 19.2 Å². The molecule has 2 rings (SSSR count). The van der Waals surface area contributed by atoms with Gasteiger partial charge in [-0.15, -0.1) is 0 Å². The molecule has 1 aromatic rings. The summed E-state index contributed by atoms with van der Waals surface area (Å²) in [5.74, 6) is 0. The fourth-order valence-electron chi connectivity index (χ4n) is 2.39. The molecule has 0 saturated carbocycles. The molecule has 1 aromatic carbocycles. The van der Waals surface area contributed by atoms with Crippen LogP contribution in [0.5, 0.6) is 0 Å². The summed E-state index contributed by atoms with van der Waals surface area (Å²) in [6, 6.07) is 5.19. The molecule has 0 aromatic heterocycles. The van der Waals surface area contributed by atoms with Gasteiger partial charge in [0.15, 0.2) is 0 Å². The first kappa shape index (κ1) is 16.4. The fraction of sp³-hybridized carbons (Fsp3) is 0.571. The summed E-state index contributed by atoms with van der Waals surface area (Å²) in [7, 11) is 2.14. The van der Waals surface area contributed by atoms with E-state index in [4.69, 9.17) is 0 Å². The number of nitro benzene ring substituents is 1. The van der Waals surface area contributed by atoms with Crippen molar-refractivity contribution < 1.29 is 4.92 Å². The van der Waals surface area contributed by atoms with Crippen molar-refractivity contribution >= 4 is 21.6 Å². The smallest absolute Gasteiger partial charge is 0.275 e. The van der Waals surface area contributed by atoms with Crippen molar-refractivity contribution in [2.24, 2.45) is 0 Å². The number of hydrogen-bond donors (Lipinski definition) is 1. The molecule has 1 aliphatic rings. The van der Waals surface area contributed by atoms with Crippen LogP contribution in [-0.4, -0.2) is 61.0 Å². The quantitative estimate of drug-likeness (QED) is 0.477. The van der Waals surface area contributed by atoms with Crippen molar-refractivity contribution in [3.8, 4) is 0 Å². The van der Waals surface area contributed by atoms with Gasteiger partial charge in [-0.25, -0.2) is 0 Å². The zero-order valence-corrected chi connectivity index (χ0v) is 13.8. The van der Waals surface area contributed by atoms with Gasteiger partial charge >= 0.3 is 0 Å². The van der Waals surface area contributed by atoms with Crippen LogP contribution in [0.25, 0.3) is 0 Å². The summed E-state index contributed by atoms with van der Waals surface area (Å²) in [6.45, 7) is 6.76. The minimum Gasteiger partial charge on any atom is -0.311 e. The standard InChI is InChI=1S/C14H21BrN4O2/c1-17-6-8-18(9-7-17)5-4-16-11-12-2-3-13(15)10-14(12)19(20)21/h2-3,10,16H,4-9,11H2,1H3. The van der Waals surface area contributed by atoms with Gasteiger partial charge in [0.2, 0.25) is 0 Å². The van der Waals surface area contributed by atoms with E-state index < -0.39 is 0 Å². The number of hydrogen-bond acceptors (Lipinski definition) is 5. The van der Waals surface area contributed by atoms with Crippen molar-refractivity contribution in [2.45, 2.75) is 6.54 Å². The van der Waals surface area contributed by atoms with E-state index in [9.17, 15) is 10.1 Å². The van der Waals surface area contributed by atoms with Crippen LogP contribution in [0, 0.1) is 10.1 Å². The number of nitrogens with zero attached hydrogens (tertiary/aromatic N) is 3. The molecule has 0 radical (unpaired) electrons. The molecular weight excluding hydrogens is 336 g/mol. The molecule has 1 aliphatic heterocycles. The van der Waals surface area contributed by atoms with Gasteiger partial charge in [-0.2, -0.15) is 0 Å². The molecule has 0 amide bonds. The molecule has 1 saturated heterocycles. The number of likely N-dealkylation sites (N-methyl/N-ethyl adjacent to an activating group) is 1. The van der Waals surface area contributed by atoms with Gasteiger partial charge in [0.05, 0.1) is 4.92 Å². The van der Waals surface area contributed by atoms with Crippen LogP contribution in [-0.2, 0) is 6.54 Å². The Bertz CT molecular complexity index is 490. The monoisotopic (exact) mass is 356 g/mol. The maximum atomic E-state index is 11.0. The average molecular weight is 357 g/mol. The second-order valence-corrected chi connectivity index (χ2v) is 6.27. The Hall–Kier alpha value is -1.02. The number of benzene rings is 1. The molecule has 7 heteroatoms. The van der Waals surface area contributed by atoms with Gasteiger partial charge in [-0.1, -0.05) is 15.9 Å². The molecule has 1 heterocycles. The second kappa shape index (κ2) is 7.84. The highest BCUT2D eigenvalue weighted by Crippen LogP contribution is 2.23. The van der Waals surface area contributed by atoms with Crippen molar-refractivity contribution in [1.82, 2.24) is 15.1 Å². The van der Waals surface area contributed by atoms with Crippen molar-refractivity contribution in [2.75, 3.05) is 46.3 Å². The van der Waals surface area contributed by atoms with Gasteiger partial charge in [-0.3, -0.25) is 15.0 Å². The number of rotatable bonds is 6. The third kappa shape index (κ3) is 5.03. The Kier molecular flexibility index (Phi) is 6.10. The number of nitrogens with one attached hydrogen (secondary N) is 1. The third-order valence-electron chi connectivity index (χ3n) is 3.76. The Morgan fingerprint density at radius 2 is 2.05 bits per heavy atom. The largest absolute Gasteiger partial charge is 0.311 e. The summed E-state index contributed by atoms with van der Waals surface area (Å²) in [4.78, 5) is 15.4. The Morgan fingerprint density at radius 3 is 2.71 bits per heavy atom. The predicted molar refractivity (Wildman–Crippen MR) is 86.4 cm³/mol. The molecule has 0 spiro atoms. The zero-order valence-electron chi connectivity index (χ0n) is 12.2. The molecular formula is C14H21BrN4O2. The minimum atomic E-state index is -0.331. The van der Waals surface area contributed by atoms with Crippen LogP contribution in [0.15, 0.2) is 22.7 Å². The van der Waals surface area contributed by atoms with Gasteiger partial charge in [0, 0.05) is 61.9 Å². The van der Waals surface area contributed by atoms with Gasteiger partial charge in [0.1, 0.15) is 0 Å². The first-order valence-corrected chi connectivity index (χ1v) is 7.90. The number of halogens is 1. The van der Waals surface area contributed by atoms with Gasteiger partial charge < -0.3 is 10.2 Å². The van der Waals surface area contributed by atoms with Crippen molar-refractivity contribution in [3.05, 3.63) is 38.3 Å². The van der Waals surface area contributed by atoms with E-state index in [-0.39, 0.29) is 10.6 Å². The van der Waals surface area contributed by atoms with Gasteiger partial charge in [0.25, 0.3) is 5.69 Å². The zero-order chi connectivity index (χ0) is 15.2. The topological polar surface area (TPSA) is 61.6 Å². The predicted octanol–water partition coefficient (Wildman–Crippen LogP) is 1.69. The van der Waals surface area contributed by atoms with E-state index >= 15 is 0 Å². The normalized spacial score (nSPS) is 17.0. The minimum absolute atomic E-state index is 0.163. The maximum Gasteiger partial charge on any atom is 0.275 e. The molecule has 0 bridgehead atoms. The molecule has 116 valence electrons. The molecule has 0 atom stereocenters. The van der Waals surface area contributed by atoms with Crippen molar-refractivity contribution in [3.63, 3.8) is 0 Å². The average Bonchev–Trinajstić information content (AvgIpc) is 2.46. The molecule has 1 N–H and O–H groups in total. The lowest BCUT2D eigenvalue weighted by Crippen LogP contribution is -2.46. The van der Waals surface area contributed by atoms with E-state index in [0.717, 1.165) is 49.3 Å². The number of piperazine rings is 1. The molecule has 0 unspecified atom stereocenters. The number of nitro groups is 1. The molecule has 21 heavy (non-hydrogen) atoms. The fourth-order valence-corrected chi connectivity index (χ4v) is 2.74. The van der Waals surface area contributed by atoms with Crippen LogP contribution < -0.4 is 5.32 Å². The Morgan fingerprint density at radius 1 is 1.33 bits per heavy atom. The maximum absolute atomic E-state index is 11.0. The van der Waals surface area contributed by atoms with Crippen LogP contribution in [0.1, 0.15) is 5.56 Å². The summed E-state index contributed by atoms with van der Waals surface area (Å²) >= 11 is 3.27. The lowest BCUT2D eigenvalue weighted by Gasteiger charge is -2.32. The second-order valence-electron chi connectivity index (χ2n) is 5.35. The van der Waals surface area contributed by atoms with E-state index in [0.29, 0.717) is 6.54 Å². The summed E-state index contributed by atoms with van der Waals surface area (Å²) < 4.78 is 0.732. The van der Waals surface area contributed by atoms with Crippen molar-refractivity contribution in [1.29, 1.82) is 0 Å². The van der Waals surface area contributed by atoms with Crippen LogP contribution in [0.4, 0.5) is 5.69 Å². The summed E-state index contributed by atoms with van der Waals surface area (Å²) in [5.41, 5.74) is 0.887. The SMILES string of the molecule is CN1CCN(CCNCc2ccc(Br)cc2[N+](=O)[O-])CC1. The van der Waals surface area contributed by atoms with E-state index in [1.54, 1.807) is 12.1 Å². The first-order valence-electron chi connectivity index (χ1n) is 7.10. The lowest BCUT2D eigenvalue weighted by atomic mass is 10.2. The summed E-state index contributed by atoms with van der Waals surface area (Å²) in [6.07, 6.45) is 0. The molecule has 1 fully saturated rings. The first-order chi connectivity index (χ1) is 10.1. The highest BCUT2D eigenvalue weighted by Gasteiger charge is 2.15.